The zero-order valence-corrected chi connectivity index (χ0v) is 40.5. The number of halogens is 10. The predicted molar refractivity (Wildman–Crippen MR) is 232 cm³/mol. The van der Waals surface area contributed by atoms with Crippen LogP contribution >= 0.6 is 15.9 Å². The standard InChI is InChI=1S/C12H19NO3.C10H10F3N3O2.C8H10N2O.C8H12O.C2H3F3N2O.C2HF3O.CH3Br/c1-12(2,3)16-11(15)13-8-4-5-9(13)7-10(14)6-8;11-10(12,13)8-14-9(18-15-8)16-5-1-2-6(16)4-7(17)3-5;9-5-10-6-1-2-7(10)4-8(11)3-6;9-8-4-6-1-2-7(3-6)5-8;3-2(4,5)1(6)7-8;3-2(4,5)1-6;1-2/h8-9H,4-7H2,1-3H3;5-6H,1-4H2;6-7H,1-4H2;6-7H,1-5H2;8H,(H2,6,7);1H;1H3. The number of rotatable bonds is 1. The summed E-state index contributed by atoms with van der Waals surface area (Å²) < 4.78 is 112. The van der Waals surface area contributed by atoms with Gasteiger partial charge in [0.1, 0.15) is 28.7 Å². The van der Waals surface area contributed by atoms with Crippen molar-refractivity contribution >= 4 is 63.3 Å². The second kappa shape index (κ2) is 25.4. The van der Waals surface area contributed by atoms with E-state index < -0.39 is 42.1 Å². The molecule has 8 fully saturated rings. The molecule has 394 valence electrons. The predicted octanol–water partition coefficient (Wildman–Crippen LogP) is 8.39. The largest absolute Gasteiger partial charge is 0.455 e. The third kappa shape index (κ3) is 18.0. The van der Waals surface area contributed by atoms with Gasteiger partial charge in [-0.15, -0.1) is 0 Å². The first-order chi connectivity index (χ1) is 32.5. The average Bonchev–Trinajstić information content (AvgIpc) is 4.06. The van der Waals surface area contributed by atoms with Crippen molar-refractivity contribution in [1.29, 1.82) is 5.26 Å². The quantitative estimate of drug-likeness (QED) is 0.0392. The van der Waals surface area contributed by atoms with Crippen molar-refractivity contribution in [3.63, 3.8) is 0 Å². The summed E-state index contributed by atoms with van der Waals surface area (Å²) in [7, 11) is 0. The topological polar surface area (TPSA) is 243 Å². The normalized spacial score (nSPS) is 27.5. The van der Waals surface area contributed by atoms with Crippen molar-refractivity contribution in [3.05, 3.63) is 5.82 Å². The van der Waals surface area contributed by atoms with E-state index in [1.54, 1.807) is 19.9 Å². The van der Waals surface area contributed by atoms with Crippen LogP contribution in [0.2, 0.25) is 0 Å². The lowest BCUT2D eigenvalue weighted by atomic mass is 9.88. The number of hydrogen-bond acceptors (Lipinski definition) is 15. The van der Waals surface area contributed by atoms with Crippen LogP contribution in [-0.4, -0.2) is 127 Å². The molecule has 7 heterocycles. The Morgan fingerprint density at radius 1 is 0.743 bits per heavy atom. The van der Waals surface area contributed by atoms with Gasteiger partial charge in [0.2, 0.25) is 12.1 Å². The molecule has 8 unspecified atom stereocenters. The minimum absolute atomic E-state index is 0.0844. The number of ketones is 4. The van der Waals surface area contributed by atoms with Crippen LogP contribution in [0.3, 0.4) is 0 Å². The number of carbonyl (C=O) groups is 6. The number of nitrogens with zero attached hydrogens (tertiary/aromatic N) is 7. The Labute approximate surface area is 406 Å². The van der Waals surface area contributed by atoms with Gasteiger partial charge in [-0.1, -0.05) is 21.1 Å². The third-order valence-electron chi connectivity index (χ3n) is 12.5. The van der Waals surface area contributed by atoms with E-state index in [0.29, 0.717) is 50.1 Å². The monoisotopic (exact) mass is 1080 g/mol. The number of hydrogen-bond donors (Lipinski definition) is 2. The number of anilines is 1. The first-order valence-corrected chi connectivity index (χ1v) is 24.0. The van der Waals surface area contributed by atoms with Gasteiger partial charge in [0.15, 0.2) is 6.19 Å². The zero-order valence-electron chi connectivity index (χ0n) is 38.9. The number of ether oxygens (including phenoxy) is 1. The number of Topliss-reactive ketones (excluding diaryl/α,β-unsaturated/α-hetero) is 4. The molecule has 27 heteroatoms. The first kappa shape index (κ1) is 59.3. The molecule has 2 aliphatic carbocycles. The van der Waals surface area contributed by atoms with Crippen LogP contribution in [0, 0.1) is 23.3 Å². The molecule has 0 aromatic carbocycles. The van der Waals surface area contributed by atoms with Gasteiger partial charge in [0.05, 0.1) is 0 Å². The van der Waals surface area contributed by atoms with Crippen molar-refractivity contribution in [2.75, 3.05) is 10.7 Å². The smallest absolute Gasteiger partial charge is 0.444 e. The lowest BCUT2D eigenvalue weighted by Gasteiger charge is -2.35. The van der Waals surface area contributed by atoms with Crippen LogP contribution in [0.15, 0.2) is 9.68 Å². The lowest BCUT2D eigenvalue weighted by molar-refractivity contribution is -0.156. The van der Waals surface area contributed by atoms with E-state index in [-0.39, 0.29) is 59.9 Å². The Bertz CT molecular complexity index is 1980. The Morgan fingerprint density at radius 3 is 1.47 bits per heavy atom. The molecule has 8 atom stereocenters. The van der Waals surface area contributed by atoms with Crippen molar-refractivity contribution in [2.24, 2.45) is 22.7 Å². The Morgan fingerprint density at radius 2 is 1.13 bits per heavy atom. The number of nitrogens with two attached hydrogens (primary N) is 1. The van der Waals surface area contributed by atoms with Crippen molar-refractivity contribution in [1.82, 2.24) is 19.9 Å². The summed E-state index contributed by atoms with van der Waals surface area (Å²) in [6.45, 7) is 5.59. The van der Waals surface area contributed by atoms with E-state index in [9.17, 15) is 63.5 Å². The summed E-state index contributed by atoms with van der Waals surface area (Å²) >= 11 is 2.94. The fourth-order valence-electron chi connectivity index (χ4n) is 9.77. The molecule has 1 aromatic heterocycles. The van der Waals surface area contributed by atoms with Crippen LogP contribution in [0.1, 0.15) is 136 Å². The van der Waals surface area contributed by atoms with Crippen molar-refractivity contribution in [2.45, 2.75) is 190 Å². The second-order valence-electron chi connectivity index (χ2n) is 18.8. The van der Waals surface area contributed by atoms with E-state index in [1.165, 1.54) is 19.3 Å². The second-order valence-corrected chi connectivity index (χ2v) is 18.8. The third-order valence-corrected chi connectivity index (χ3v) is 12.5. The molecule has 8 aliphatic rings. The van der Waals surface area contributed by atoms with E-state index in [2.05, 4.69) is 42.5 Å². The number of amides is 1. The molecule has 2 saturated carbocycles. The van der Waals surface area contributed by atoms with Crippen LogP contribution in [0.25, 0.3) is 0 Å². The number of carbonyl (C=O) groups excluding carboxylic acids is 6. The molecular formula is C43H58BrF9N8O9. The Hall–Kier alpha value is -5.03. The summed E-state index contributed by atoms with van der Waals surface area (Å²) in [4.78, 5) is 74.1. The molecule has 8 bridgehead atoms. The highest BCUT2D eigenvalue weighted by molar-refractivity contribution is 9.08. The van der Waals surface area contributed by atoms with Crippen molar-refractivity contribution in [3.8, 4) is 6.19 Å². The summed E-state index contributed by atoms with van der Waals surface area (Å²) in [5.74, 6) is 1.67. The molecule has 0 spiro atoms. The molecule has 3 N–H and O–H groups in total. The molecule has 17 nitrogen and oxygen atoms in total. The number of oxime groups is 1. The Balaban J connectivity index is 0.000000229. The SMILES string of the molecule is CBr.CC(C)(C)OC(=O)N1C2CCC1CC(=O)C2.N#CN1C2CCC1CC(=O)C2.NC(=NO)C(F)(F)F.O=C1CC2CCC(C1)C2.O=C1CC2CCC(C1)N2c1nc(C(F)(F)F)no1.O=CC(F)(F)F. The zero-order chi connectivity index (χ0) is 52.9. The van der Waals surface area contributed by atoms with E-state index in [0.717, 1.165) is 63.2 Å². The number of piperidine rings is 3. The lowest BCUT2D eigenvalue weighted by Crippen LogP contribution is -2.48. The van der Waals surface area contributed by atoms with E-state index in [1.807, 2.05) is 26.6 Å². The number of amidine groups is 1. The fraction of sp³-hybridized carbons (Fsp3) is 0.767. The number of fused-ring (bicyclic) bond motifs is 8. The minimum Gasteiger partial charge on any atom is -0.444 e. The maximum Gasteiger partial charge on any atom is 0.455 e. The van der Waals surface area contributed by atoms with Gasteiger partial charge >= 0.3 is 30.6 Å². The first-order valence-electron chi connectivity index (χ1n) is 22.4. The van der Waals surface area contributed by atoms with E-state index >= 15 is 0 Å². The highest BCUT2D eigenvalue weighted by Crippen LogP contribution is 2.41. The summed E-state index contributed by atoms with van der Waals surface area (Å²) in [6, 6.07) is 0.331. The molecule has 1 amide bonds. The number of aromatic nitrogens is 2. The molecule has 6 aliphatic heterocycles. The number of aldehydes is 1. The molecule has 6 saturated heterocycles. The van der Waals surface area contributed by atoms with Gasteiger partial charge in [0, 0.05) is 87.6 Å². The van der Waals surface area contributed by atoms with Crippen LogP contribution in [0.5, 0.6) is 0 Å². The van der Waals surface area contributed by atoms with Gasteiger partial charge < -0.3 is 34.9 Å². The molecule has 70 heavy (non-hydrogen) atoms. The maximum absolute atomic E-state index is 12.4. The molecule has 9 rings (SSSR count). The summed E-state index contributed by atoms with van der Waals surface area (Å²) in [5.41, 5.74) is 3.66. The molecule has 0 radical (unpaired) electrons. The van der Waals surface area contributed by atoms with Crippen LogP contribution in [0.4, 0.5) is 50.3 Å². The van der Waals surface area contributed by atoms with Crippen LogP contribution in [-0.2, 0) is 34.9 Å². The summed E-state index contributed by atoms with van der Waals surface area (Å²) in [6.07, 6.45) is 1.12. The molecule has 1 aromatic rings. The minimum atomic E-state index is -4.71. The van der Waals surface area contributed by atoms with Gasteiger partial charge in [0.25, 0.3) is 5.82 Å². The highest BCUT2D eigenvalue weighted by atomic mass is 79.9. The van der Waals surface area contributed by atoms with E-state index in [4.69, 9.17) is 20.0 Å². The van der Waals surface area contributed by atoms with Gasteiger partial charge in [-0.2, -0.15) is 49.8 Å². The maximum atomic E-state index is 12.4. The average molecular weight is 1080 g/mol. The van der Waals surface area contributed by atoms with Crippen molar-refractivity contribution < 1.29 is 82.7 Å². The van der Waals surface area contributed by atoms with Crippen LogP contribution < -0.4 is 10.6 Å². The highest BCUT2D eigenvalue weighted by Gasteiger charge is 2.46. The number of nitriles is 1. The Kier molecular flexibility index (Phi) is 21.5. The number of alkyl halides is 10. The summed E-state index contributed by atoms with van der Waals surface area (Å²) in [5, 5.41) is 20.8. The van der Waals surface area contributed by atoms with Gasteiger partial charge in [-0.05, 0) is 101 Å². The fourth-order valence-corrected chi connectivity index (χ4v) is 9.77. The van der Waals surface area contributed by atoms with Gasteiger partial charge in [-0.25, -0.2) is 4.79 Å². The molecular weight excluding hydrogens is 1020 g/mol. The van der Waals surface area contributed by atoms with Gasteiger partial charge in [-0.3, -0.25) is 24.0 Å².